The smallest absolute Gasteiger partial charge is 0.161 e. The lowest BCUT2D eigenvalue weighted by atomic mass is 10.0. The fourth-order valence-electron chi connectivity index (χ4n) is 2.35. The second-order valence-corrected chi connectivity index (χ2v) is 5.99. The average Bonchev–Trinajstić information content (AvgIpc) is 2.48. The summed E-state index contributed by atoms with van der Waals surface area (Å²) in [7, 11) is 0. The maximum Gasteiger partial charge on any atom is 0.161 e. The number of benzene rings is 1. The molecule has 2 rings (SSSR count). The van der Waals surface area contributed by atoms with Crippen molar-refractivity contribution in [2.24, 2.45) is 5.92 Å². The minimum absolute atomic E-state index is 0.278. The molecule has 3 heteroatoms. The van der Waals surface area contributed by atoms with Crippen LogP contribution in [0.5, 0.6) is 5.75 Å². The number of Topliss-reactive ketones (excluding diaryl/α,β-unsaturated/α-hetero) is 1. The second kappa shape index (κ2) is 7.41. The summed E-state index contributed by atoms with van der Waals surface area (Å²) in [6.45, 7) is 9.76. The van der Waals surface area contributed by atoms with Crippen LogP contribution in [-0.4, -0.2) is 36.9 Å². The first-order valence-electron chi connectivity index (χ1n) is 7.77. The van der Waals surface area contributed by atoms with Gasteiger partial charge in [-0.1, -0.05) is 32.9 Å². The van der Waals surface area contributed by atoms with Gasteiger partial charge in [0.2, 0.25) is 0 Å². The molecule has 0 radical (unpaired) electrons. The van der Waals surface area contributed by atoms with Crippen LogP contribution >= 0.6 is 0 Å². The van der Waals surface area contributed by atoms with Gasteiger partial charge in [0.15, 0.2) is 5.78 Å². The minimum atomic E-state index is 0.278. The van der Waals surface area contributed by atoms with Crippen molar-refractivity contribution in [3.8, 4) is 5.75 Å². The summed E-state index contributed by atoms with van der Waals surface area (Å²) >= 11 is 0. The Morgan fingerprint density at radius 1 is 1.29 bits per heavy atom. The number of carbonyl (C=O) groups is 1. The number of ether oxygens (including phenoxy) is 1. The Bertz CT molecular complexity index is 502. The van der Waals surface area contributed by atoms with Crippen molar-refractivity contribution < 1.29 is 9.53 Å². The molecule has 0 amide bonds. The van der Waals surface area contributed by atoms with Crippen LogP contribution in [-0.2, 0) is 4.79 Å². The summed E-state index contributed by atoms with van der Waals surface area (Å²) in [4.78, 5) is 14.3. The van der Waals surface area contributed by atoms with Crippen LogP contribution in [0.1, 0.15) is 32.8 Å². The molecule has 1 aromatic carbocycles. The highest BCUT2D eigenvalue weighted by Gasteiger charge is 2.19. The van der Waals surface area contributed by atoms with Crippen molar-refractivity contribution in [1.82, 2.24) is 4.90 Å². The van der Waals surface area contributed by atoms with Crippen LogP contribution < -0.4 is 4.74 Å². The molecule has 0 unspecified atom stereocenters. The Balaban J connectivity index is 2.04. The van der Waals surface area contributed by atoms with Crippen molar-refractivity contribution in [3.05, 3.63) is 35.4 Å². The molecule has 0 aliphatic carbocycles. The SMILES string of the molecule is CCN1CCC(=O)/C(=C/c2ccc(OCC(C)C)cc2)C1. The van der Waals surface area contributed by atoms with E-state index in [1.165, 1.54) is 0 Å². The van der Waals surface area contributed by atoms with E-state index in [9.17, 15) is 4.79 Å². The monoisotopic (exact) mass is 287 g/mol. The van der Waals surface area contributed by atoms with E-state index >= 15 is 0 Å². The molecule has 1 aliphatic rings. The summed E-state index contributed by atoms with van der Waals surface area (Å²) in [5.74, 6) is 1.68. The normalized spacial score (nSPS) is 18.5. The highest BCUT2D eigenvalue weighted by molar-refractivity contribution is 6.00. The van der Waals surface area contributed by atoms with Gasteiger partial charge >= 0.3 is 0 Å². The van der Waals surface area contributed by atoms with Crippen LogP contribution in [0.4, 0.5) is 0 Å². The van der Waals surface area contributed by atoms with Crippen LogP contribution in [0.3, 0.4) is 0 Å². The average molecular weight is 287 g/mol. The number of ketones is 1. The number of carbonyl (C=O) groups excluding carboxylic acids is 1. The number of rotatable bonds is 5. The first-order valence-corrected chi connectivity index (χ1v) is 7.77. The van der Waals surface area contributed by atoms with Crippen LogP contribution in [0.25, 0.3) is 6.08 Å². The number of piperidine rings is 1. The van der Waals surface area contributed by atoms with Crippen molar-refractivity contribution in [3.63, 3.8) is 0 Å². The number of hydrogen-bond donors (Lipinski definition) is 0. The number of likely N-dealkylation sites (N-methyl/N-ethyl adjacent to an activating group) is 1. The summed E-state index contributed by atoms with van der Waals surface area (Å²) < 4.78 is 5.67. The third-order valence-electron chi connectivity index (χ3n) is 3.66. The predicted octanol–water partition coefficient (Wildman–Crippen LogP) is 3.40. The summed E-state index contributed by atoms with van der Waals surface area (Å²) in [6.07, 6.45) is 2.64. The van der Waals surface area contributed by atoms with E-state index in [0.717, 1.165) is 43.1 Å². The quantitative estimate of drug-likeness (QED) is 0.777. The minimum Gasteiger partial charge on any atom is -0.493 e. The molecular formula is C18H25NO2. The zero-order valence-corrected chi connectivity index (χ0v) is 13.3. The topological polar surface area (TPSA) is 29.5 Å². The van der Waals surface area contributed by atoms with Gasteiger partial charge in [-0.15, -0.1) is 0 Å². The molecule has 0 atom stereocenters. The summed E-state index contributed by atoms with van der Waals surface area (Å²) in [5.41, 5.74) is 1.98. The van der Waals surface area contributed by atoms with Crippen LogP contribution in [0.2, 0.25) is 0 Å². The molecule has 0 N–H and O–H groups in total. The van der Waals surface area contributed by atoms with E-state index in [2.05, 4.69) is 25.7 Å². The Morgan fingerprint density at radius 3 is 2.62 bits per heavy atom. The molecular weight excluding hydrogens is 262 g/mol. The molecule has 1 saturated heterocycles. The fraction of sp³-hybridized carbons (Fsp3) is 0.500. The molecule has 114 valence electrons. The second-order valence-electron chi connectivity index (χ2n) is 5.99. The number of nitrogens with zero attached hydrogens (tertiary/aromatic N) is 1. The van der Waals surface area contributed by atoms with Gasteiger partial charge in [0.05, 0.1) is 6.61 Å². The molecule has 1 fully saturated rings. The van der Waals surface area contributed by atoms with Gasteiger partial charge < -0.3 is 4.74 Å². The molecule has 3 nitrogen and oxygen atoms in total. The Kier molecular flexibility index (Phi) is 5.57. The van der Waals surface area contributed by atoms with Crippen molar-refractivity contribution in [2.45, 2.75) is 27.2 Å². The summed E-state index contributed by atoms with van der Waals surface area (Å²) in [5, 5.41) is 0. The third kappa shape index (κ3) is 4.71. The zero-order valence-electron chi connectivity index (χ0n) is 13.3. The van der Waals surface area contributed by atoms with Gasteiger partial charge in [-0.2, -0.15) is 0 Å². The van der Waals surface area contributed by atoms with Crippen molar-refractivity contribution in [2.75, 3.05) is 26.2 Å². The Morgan fingerprint density at radius 2 is 2.00 bits per heavy atom. The number of hydrogen-bond acceptors (Lipinski definition) is 3. The maximum absolute atomic E-state index is 12.0. The molecule has 1 aromatic rings. The van der Waals surface area contributed by atoms with Gasteiger partial charge in [-0.25, -0.2) is 0 Å². The van der Waals surface area contributed by atoms with Gasteiger partial charge in [-0.05, 0) is 36.2 Å². The lowest BCUT2D eigenvalue weighted by molar-refractivity contribution is -0.117. The first-order chi connectivity index (χ1) is 10.1. The van der Waals surface area contributed by atoms with Crippen LogP contribution in [0.15, 0.2) is 29.8 Å². The highest BCUT2D eigenvalue weighted by Crippen LogP contribution is 2.18. The highest BCUT2D eigenvalue weighted by atomic mass is 16.5. The van der Waals surface area contributed by atoms with Crippen LogP contribution in [0, 0.1) is 5.92 Å². The molecule has 0 saturated carbocycles. The Labute approximate surface area is 127 Å². The largest absolute Gasteiger partial charge is 0.493 e. The van der Waals surface area contributed by atoms with Gasteiger partial charge in [-0.3, -0.25) is 9.69 Å². The molecule has 0 spiro atoms. The molecule has 21 heavy (non-hydrogen) atoms. The third-order valence-corrected chi connectivity index (χ3v) is 3.66. The van der Waals surface area contributed by atoms with E-state index in [4.69, 9.17) is 4.74 Å². The van der Waals surface area contributed by atoms with E-state index in [1.807, 2.05) is 30.3 Å². The molecule has 1 aliphatic heterocycles. The van der Waals surface area contributed by atoms with Crippen molar-refractivity contribution in [1.29, 1.82) is 0 Å². The van der Waals surface area contributed by atoms with Gasteiger partial charge in [0.1, 0.15) is 5.75 Å². The predicted molar refractivity (Wildman–Crippen MR) is 86.5 cm³/mol. The van der Waals surface area contributed by atoms with Gasteiger partial charge in [0.25, 0.3) is 0 Å². The van der Waals surface area contributed by atoms with E-state index < -0.39 is 0 Å². The first kappa shape index (κ1) is 15.8. The fourth-order valence-corrected chi connectivity index (χ4v) is 2.35. The molecule has 0 aromatic heterocycles. The molecule has 0 bridgehead atoms. The standard InChI is InChI=1S/C18H25NO2/c1-4-19-10-9-18(20)16(12-19)11-15-5-7-17(8-6-15)21-13-14(2)3/h5-8,11,14H,4,9-10,12-13H2,1-3H3/b16-11+. The van der Waals surface area contributed by atoms with Crippen molar-refractivity contribution >= 4 is 11.9 Å². The Hall–Kier alpha value is -1.61. The maximum atomic E-state index is 12.0. The lowest BCUT2D eigenvalue weighted by Crippen LogP contribution is -2.35. The van der Waals surface area contributed by atoms with E-state index in [1.54, 1.807) is 0 Å². The summed E-state index contributed by atoms with van der Waals surface area (Å²) in [6, 6.07) is 7.97. The number of likely N-dealkylation sites (tertiary alicyclic amines) is 1. The lowest BCUT2D eigenvalue weighted by Gasteiger charge is -2.26. The molecule has 1 heterocycles. The van der Waals surface area contributed by atoms with E-state index in [0.29, 0.717) is 12.3 Å². The van der Waals surface area contributed by atoms with E-state index in [-0.39, 0.29) is 5.78 Å². The zero-order chi connectivity index (χ0) is 15.2. The van der Waals surface area contributed by atoms with Gasteiger partial charge in [0, 0.05) is 25.1 Å².